The fraction of sp³-hybridized carbons (Fsp3) is 0. The fourth-order valence-corrected chi connectivity index (χ4v) is 0. The van der Waals surface area contributed by atoms with Crippen molar-refractivity contribution in [1.29, 1.82) is 0 Å². The zero-order chi connectivity index (χ0) is 4.50. The Hall–Kier alpha value is 0.681. The standard InChI is InChI=1S/BH3.Co.H3O4P/c;;1-5(2,3)4/h1H3;;(H3,1,2,3,4). The second-order valence-electron chi connectivity index (χ2n) is 0.513. The van der Waals surface area contributed by atoms with Gasteiger partial charge in [0.2, 0.25) is 0 Å². The van der Waals surface area contributed by atoms with Crippen LogP contribution in [0, 0.1) is 0 Å². The van der Waals surface area contributed by atoms with Crippen molar-refractivity contribution in [3.05, 3.63) is 0 Å². The molecule has 4 nitrogen and oxygen atoms in total. The van der Waals surface area contributed by atoms with E-state index in [9.17, 15) is 0 Å². The van der Waals surface area contributed by atoms with Gasteiger partial charge in [-0.15, -0.1) is 0 Å². The van der Waals surface area contributed by atoms with Crippen molar-refractivity contribution in [2.24, 2.45) is 0 Å². The quantitative estimate of drug-likeness (QED) is 0.287. The van der Waals surface area contributed by atoms with Gasteiger partial charge in [-0.25, -0.2) is 4.57 Å². The van der Waals surface area contributed by atoms with Crippen LogP contribution in [0.5, 0.6) is 0 Å². The van der Waals surface area contributed by atoms with Crippen LogP contribution in [0.1, 0.15) is 0 Å². The minimum Gasteiger partial charge on any atom is -0.303 e. The smallest absolute Gasteiger partial charge is 0.303 e. The Balaban J connectivity index is -0.0000000800. The molecule has 3 N–H and O–H groups in total. The predicted molar refractivity (Wildman–Crippen MR) is 24.2 cm³/mol. The average molecular weight is 171 g/mol. The van der Waals surface area contributed by atoms with Gasteiger partial charge in [-0.2, -0.15) is 0 Å². The third kappa shape index (κ3) is 315. The number of hydrogen-bond donors (Lipinski definition) is 3. The third-order valence-corrected chi connectivity index (χ3v) is 0. The van der Waals surface area contributed by atoms with Crippen molar-refractivity contribution in [2.45, 2.75) is 0 Å². The molecule has 0 saturated carbocycles. The second kappa shape index (κ2) is 4.83. The molecule has 0 aliphatic rings. The van der Waals surface area contributed by atoms with E-state index in [4.69, 9.17) is 19.2 Å². The maximum absolute atomic E-state index is 8.88. The Morgan fingerprint density at radius 2 is 1.14 bits per heavy atom. The van der Waals surface area contributed by atoms with Crippen molar-refractivity contribution < 1.29 is 36.0 Å². The summed E-state index contributed by atoms with van der Waals surface area (Å²) in [5.41, 5.74) is 0. The molecule has 0 spiro atoms. The summed E-state index contributed by atoms with van der Waals surface area (Å²) in [6, 6.07) is 0. The molecule has 47 valence electrons. The van der Waals surface area contributed by atoms with Crippen molar-refractivity contribution in [3.63, 3.8) is 0 Å². The molecule has 0 unspecified atom stereocenters. The van der Waals surface area contributed by atoms with Crippen LogP contribution in [-0.2, 0) is 21.3 Å². The molecule has 7 heteroatoms. The molecule has 7 heavy (non-hydrogen) atoms. The number of phosphoric acid groups is 1. The molecule has 0 bridgehead atoms. The molecule has 0 aromatic heterocycles. The maximum Gasteiger partial charge on any atom is 0.466 e. The molecular formula is H6BCoO4P. The molecule has 0 rings (SSSR count). The fourth-order valence-electron chi connectivity index (χ4n) is 0. The summed E-state index contributed by atoms with van der Waals surface area (Å²) in [7, 11) is -4.64. The zero-order valence-corrected chi connectivity index (χ0v) is 4.47. The summed E-state index contributed by atoms with van der Waals surface area (Å²) in [6.45, 7) is 0. The van der Waals surface area contributed by atoms with Gasteiger partial charge in [-0.3, -0.25) is 0 Å². The molecule has 0 aliphatic carbocycles. The van der Waals surface area contributed by atoms with Crippen molar-refractivity contribution >= 4 is 16.2 Å². The topological polar surface area (TPSA) is 77.8 Å². The zero-order valence-electron chi connectivity index (χ0n) is 2.53. The molecule has 0 fully saturated rings. The minimum atomic E-state index is -4.64. The van der Waals surface area contributed by atoms with E-state index >= 15 is 0 Å². The largest absolute Gasteiger partial charge is 0.466 e. The van der Waals surface area contributed by atoms with Crippen LogP contribution in [0.2, 0.25) is 0 Å². The van der Waals surface area contributed by atoms with Gasteiger partial charge < -0.3 is 14.7 Å². The summed E-state index contributed by atoms with van der Waals surface area (Å²) in [5.74, 6) is 0. The van der Waals surface area contributed by atoms with Gasteiger partial charge in [0.05, 0.1) is 8.41 Å². The summed E-state index contributed by atoms with van der Waals surface area (Å²) in [5, 5.41) is 0. The third-order valence-electron chi connectivity index (χ3n) is 0. The van der Waals surface area contributed by atoms with Gasteiger partial charge in [0.1, 0.15) is 0 Å². The van der Waals surface area contributed by atoms with E-state index in [1.807, 2.05) is 0 Å². The Bertz CT molecular complexity index is 57.8. The monoisotopic (exact) mass is 171 g/mol. The Morgan fingerprint density at radius 1 is 1.14 bits per heavy atom. The van der Waals surface area contributed by atoms with Gasteiger partial charge in [0, 0.05) is 16.8 Å². The predicted octanol–water partition coefficient (Wildman–Crippen LogP) is -2.12. The molecule has 0 atom stereocenters. The van der Waals surface area contributed by atoms with Crippen LogP contribution < -0.4 is 0 Å². The first-order valence-corrected chi connectivity index (χ1v) is 2.35. The minimum absolute atomic E-state index is 0. The first-order chi connectivity index (χ1) is 2.00. The van der Waals surface area contributed by atoms with E-state index in [-0.39, 0.29) is 25.2 Å². The number of rotatable bonds is 0. The maximum atomic E-state index is 8.88. The molecule has 0 aromatic rings. The van der Waals surface area contributed by atoms with Crippen molar-refractivity contribution in [3.8, 4) is 0 Å². The molecule has 0 aliphatic heterocycles. The van der Waals surface area contributed by atoms with Crippen LogP contribution in [0.25, 0.3) is 0 Å². The van der Waals surface area contributed by atoms with Gasteiger partial charge in [-0.1, -0.05) is 0 Å². The first-order valence-electron chi connectivity index (χ1n) is 0.783. The van der Waals surface area contributed by atoms with Crippen LogP contribution in [0.3, 0.4) is 0 Å². The van der Waals surface area contributed by atoms with Crippen molar-refractivity contribution in [2.75, 3.05) is 0 Å². The summed E-state index contributed by atoms with van der Waals surface area (Å²) >= 11 is 0. The summed E-state index contributed by atoms with van der Waals surface area (Å²) in [4.78, 5) is 21.6. The van der Waals surface area contributed by atoms with Gasteiger partial charge in [0.25, 0.3) is 0 Å². The van der Waals surface area contributed by atoms with E-state index in [1.165, 1.54) is 0 Å². The SMILES string of the molecule is B.O=P(O)(O)O.[Co]. The van der Waals surface area contributed by atoms with E-state index < -0.39 is 7.82 Å². The van der Waals surface area contributed by atoms with E-state index in [0.29, 0.717) is 0 Å². The van der Waals surface area contributed by atoms with Crippen LogP contribution in [0.4, 0.5) is 0 Å². The normalized spacial score (nSPS) is 8.43. The van der Waals surface area contributed by atoms with Gasteiger partial charge in [-0.05, 0) is 0 Å². The summed E-state index contributed by atoms with van der Waals surface area (Å²) < 4.78 is 8.88. The molecule has 0 amide bonds. The Labute approximate surface area is 52.9 Å². The summed E-state index contributed by atoms with van der Waals surface area (Å²) in [6.07, 6.45) is 0. The molecule has 0 saturated heterocycles. The Kier molecular flexibility index (Phi) is 10.8. The average Bonchev–Trinajstić information content (AvgIpc) is 0.722. The van der Waals surface area contributed by atoms with E-state index in [2.05, 4.69) is 0 Å². The molecule has 0 heterocycles. The van der Waals surface area contributed by atoms with E-state index in [1.54, 1.807) is 0 Å². The first kappa shape index (κ1) is 15.6. The molecule has 1 radical (unpaired) electrons. The molecule has 0 aromatic carbocycles. The number of hydrogen-bond acceptors (Lipinski definition) is 1. The van der Waals surface area contributed by atoms with Crippen LogP contribution in [-0.4, -0.2) is 23.1 Å². The Morgan fingerprint density at radius 3 is 1.14 bits per heavy atom. The van der Waals surface area contributed by atoms with Gasteiger partial charge in [0.15, 0.2) is 0 Å². The molecular weight excluding hydrogens is 165 g/mol. The van der Waals surface area contributed by atoms with E-state index in [0.717, 1.165) is 0 Å². The van der Waals surface area contributed by atoms with Gasteiger partial charge >= 0.3 is 7.82 Å². The second-order valence-corrected chi connectivity index (χ2v) is 1.54. The van der Waals surface area contributed by atoms with Crippen LogP contribution >= 0.6 is 7.82 Å². The van der Waals surface area contributed by atoms with Crippen LogP contribution in [0.15, 0.2) is 0 Å². The van der Waals surface area contributed by atoms with Crippen molar-refractivity contribution in [1.82, 2.24) is 0 Å².